The minimum atomic E-state index is -1.75. The van der Waals surface area contributed by atoms with Crippen molar-refractivity contribution in [1.82, 2.24) is 9.47 Å². The maximum atomic E-state index is 16.1. The Balaban J connectivity index is 0.00000274. The van der Waals surface area contributed by atoms with Crippen LogP contribution in [0.4, 0.5) is 23.7 Å². The van der Waals surface area contributed by atoms with Crippen molar-refractivity contribution in [2.45, 2.75) is 25.4 Å². The van der Waals surface area contributed by atoms with Gasteiger partial charge < -0.3 is 19.3 Å². The first-order valence-corrected chi connectivity index (χ1v) is 10.5. The maximum Gasteiger partial charge on any atom is 0.511 e. The van der Waals surface area contributed by atoms with E-state index in [1.54, 1.807) is 4.90 Å². The number of piperazine rings is 1. The van der Waals surface area contributed by atoms with Gasteiger partial charge in [0, 0.05) is 37.4 Å². The molecular weight excluding hydrogens is 475 g/mol. The van der Waals surface area contributed by atoms with Gasteiger partial charge in [0.2, 0.25) is 5.43 Å². The summed E-state index contributed by atoms with van der Waals surface area (Å²) in [4.78, 5) is 27.9. The number of carboxylic acid groups (broad SMARTS) is 1. The Morgan fingerprint density at radius 1 is 1.15 bits per heavy atom. The zero-order valence-corrected chi connectivity index (χ0v) is 18.8. The second-order valence-electron chi connectivity index (χ2n) is 8.39. The molecule has 2 aromatic carbocycles. The van der Waals surface area contributed by atoms with Crippen LogP contribution < -0.4 is 15.1 Å². The van der Waals surface area contributed by atoms with E-state index in [2.05, 4.69) is 9.64 Å². The van der Waals surface area contributed by atoms with Crippen LogP contribution in [0.1, 0.15) is 13.3 Å². The Morgan fingerprint density at radius 2 is 1.85 bits per heavy atom. The van der Waals surface area contributed by atoms with Crippen molar-refractivity contribution in [2.75, 3.05) is 24.5 Å². The molecule has 2 fully saturated rings. The molecule has 1 aromatic heterocycles. The number of rotatable bonds is 3. The van der Waals surface area contributed by atoms with Crippen molar-refractivity contribution in [3.8, 4) is 11.4 Å². The van der Waals surface area contributed by atoms with Crippen molar-refractivity contribution < 1.29 is 27.8 Å². The van der Waals surface area contributed by atoms with Crippen LogP contribution in [-0.4, -0.2) is 52.4 Å². The van der Waals surface area contributed by atoms with E-state index in [0.29, 0.717) is 13.1 Å². The Bertz CT molecular complexity index is 1330. The maximum absolute atomic E-state index is 16.1. The third-order valence-corrected chi connectivity index (χ3v) is 6.43. The van der Waals surface area contributed by atoms with Crippen LogP contribution in [-0.2, 0) is 0 Å². The van der Waals surface area contributed by atoms with E-state index in [0.717, 1.165) is 37.4 Å². The summed E-state index contributed by atoms with van der Waals surface area (Å²) in [7, 11) is 0. The highest BCUT2D eigenvalue weighted by molar-refractivity contribution is 5.87. The average Bonchev–Trinajstić information content (AvgIpc) is 3.20. The van der Waals surface area contributed by atoms with Gasteiger partial charge >= 0.3 is 6.16 Å². The molecule has 0 aliphatic carbocycles. The third-order valence-electron chi connectivity index (χ3n) is 6.43. The summed E-state index contributed by atoms with van der Waals surface area (Å²) in [6.07, 6.45) is 0.0346. The first-order chi connectivity index (χ1) is 15.7. The molecule has 3 heterocycles. The van der Waals surface area contributed by atoms with Crippen molar-refractivity contribution in [2.24, 2.45) is 0 Å². The van der Waals surface area contributed by atoms with Gasteiger partial charge in [0.15, 0.2) is 11.6 Å². The molecule has 2 bridgehead atoms. The number of anilines is 1. The molecule has 3 aromatic rings. The van der Waals surface area contributed by atoms with E-state index < -0.39 is 34.8 Å². The van der Waals surface area contributed by atoms with Gasteiger partial charge in [-0.3, -0.25) is 9.69 Å². The van der Waals surface area contributed by atoms with Gasteiger partial charge in [-0.2, -0.15) is 0 Å². The van der Waals surface area contributed by atoms with Crippen molar-refractivity contribution in [1.29, 1.82) is 0 Å². The first-order valence-electron chi connectivity index (χ1n) is 10.5. The van der Waals surface area contributed by atoms with Crippen LogP contribution in [0.15, 0.2) is 41.3 Å². The Hall–Kier alpha value is -3.24. The standard InChI is InChI=1S/C23H20F3N3O4.ClH/c1-12-9-28(15-6-7-27(12)10-15)21-17(25)8-16-20(19(21)26)29(14-4-2-13(24)3-5-14)11-18(22(16)30)33-23(31)32;/h2-5,8,11-12,15H,6-7,9-10H2,1H3,(H,31,32);1H. The summed E-state index contributed by atoms with van der Waals surface area (Å²) < 4.78 is 50.7. The lowest BCUT2D eigenvalue weighted by molar-refractivity contribution is 0.144. The largest absolute Gasteiger partial charge is 0.511 e. The molecule has 0 amide bonds. The fraction of sp³-hybridized carbons (Fsp3) is 0.304. The normalized spacial score (nSPS) is 21.4. The molecule has 2 saturated heterocycles. The number of hydrogen-bond donors (Lipinski definition) is 1. The quantitative estimate of drug-likeness (QED) is 0.550. The van der Waals surface area contributed by atoms with Gasteiger partial charge in [-0.25, -0.2) is 18.0 Å². The molecule has 0 saturated carbocycles. The highest BCUT2D eigenvalue weighted by atomic mass is 35.5. The highest BCUT2D eigenvalue weighted by Gasteiger charge is 2.39. The number of benzene rings is 2. The zero-order chi connectivity index (χ0) is 23.4. The number of carbonyl (C=O) groups is 1. The predicted octanol–water partition coefficient (Wildman–Crippen LogP) is 4.17. The van der Waals surface area contributed by atoms with E-state index in [1.807, 2.05) is 6.92 Å². The van der Waals surface area contributed by atoms with Crippen molar-refractivity contribution >= 4 is 35.2 Å². The fourth-order valence-electron chi connectivity index (χ4n) is 4.86. The van der Waals surface area contributed by atoms with E-state index >= 15 is 8.78 Å². The van der Waals surface area contributed by atoms with Crippen molar-refractivity contribution in [3.05, 3.63) is 64.2 Å². The number of nitrogens with zero attached hydrogens (tertiary/aromatic N) is 3. The van der Waals surface area contributed by atoms with Gasteiger partial charge in [-0.1, -0.05) is 0 Å². The number of halogens is 4. The molecule has 2 aliphatic rings. The average molecular weight is 496 g/mol. The smallest absolute Gasteiger partial charge is 0.449 e. The van der Waals surface area contributed by atoms with Crippen molar-refractivity contribution in [3.63, 3.8) is 0 Å². The number of ether oxygens (including phenoxy) is 1. The van der Waals surface area contributed by atoms with Gasteiger partial charge in [0.1, 0.15) is 17.3 Å². The molecule has 1 N–H and O–H groups in total. The summed E-state index contributed by atoms with van der Waals surface area (Å²) in [6, 6.07) is 5.90. The molecule has 180 valence electrons. The second kappa shape index (κ2) is 8.84. The molecule has 7 nitrogen and oxygen atoms in total. The van der Waals surface area contributed by atoms with Crippen LogP contribution in [0.25, 0.3) is 16.6 Å². The fourth-order valence-corrected chi connectivity index (χ4v) is 4.86. The van der Waals surface area contributed by atoms with Crippen LogP contribution >= 0.6 is 12.4 Å². The molecule has 2 aliphatic heterocycles. The molecule has 3 atom stereocenters. The summed E-state index contributed by atoms with van der Waals surface area (Å²) in [5.41, 5.74) is -1.20. The van der Waals surface area contributed by atoms with E-state index in [4.69, 9.17) is 5.11 Å². The van der Waals surface area contributed by atoms with E-state index in [1.165, 1.54) is 16.7 Å². The summed E-state index contributed by atoms with van der Waals surface area (Å²) >= 11 is 0. The lowest BCUT2D eigenvalue weighted by Crippen LogP contribution is -2.52. The Morgan fingerprint density at radius 3 is 2.53 bits per heavy atom. The van der Waals surface area contributed by atoms with Gasteiger partial charge in [0.25, 0.3) is 0 Å². The molecule has 3 unspecified atom stereocenters. The van der Waals surface area contributed by atoms with E-state index in [-0.39, 0.29) is 46.8 Å². The predicted molar refractivity (Wildman–Crippen MR) is 122 cm³/mol. The van der Waals surface area contributed by atoms with Crippen LogP contribution in [0, 0.1) is 17.5 Å². The number of hydrogen-bond acceptors (Lipinski definition) is 5. The number of aromatic nitrogens is 1. The molecular formula is C23H21ClF3N3O4. The summed E-state index contributed by atoms with van der Waals surface area (Å²) in [6.45, 7) is 3.95. The van der Waals surface area contributed by atoms with E-state index in [9.17, 15) is 14.0 Å². The SMILES string of the molecule is CC1CN(c2c(F)cc3c(=O)c(OC(=O)O)cn(-c4ccc(F)cc4)c3c2F)C2CCN1C2.Cl. The minimum Gasteiger partial charge on any atom is -0.449 e. The van der Waals surface area contributed by atoms with Crippen LogP contribution in [0.5, 0.6) is 5.75 Å². The zero-order valence-electron chi connectivity index (χ0n) is 18.0. The summed E-state index contributed by atoms with van der Waals surface area (Å²) in [5.74, 6) is -3.01. The first kappa shape index (κ1) is 23.9. The molecule has 0 radical (unpaired) electrons. The van der Waals surface area contributed by atoms with Gasteiger partial charge in [0.05, 0.1) is 17.1 Å². The third kappa shape index (κ3) is 3.86. The molecule has 11 heteroatoms. The number of fused-ring (bicyclic) bond motifs is 3. The Labute approximate surface area is 198 Å². The molecule has 34 heavy (non-hydrogen) atoms. The lowest BCUT2D eigenvalue weighted by atomic mass is 10.1. The van der Waals surface area contributed by atoms with Crippen LogP contribution in [0.3, 0.4) is 0 Å². The van der Waals surface area contributed by atoms with Gasteiger partial charge in [-0.15, -0.1) is 12.4 Å². The Kier molecular flexibility index (Phi) is 6.22. The van der Waals surface area contributed by atoms with Crippen LogP contribution in [0.2, 0.25) is 0 Å². The molecule has 5 rings (SSSR count). The van der Waals surface area contributed by atoms with Gasteiger partial charge in [-0.05, 0) is 43.7 Å². The monoisotopic (exact) mass is 495 g/mol. The lowest BCUT2D eigenvalue weighted by Gasteiger charge is -2.40. The highest BCUT2D eigenvalue weighted by Crippen LogP contribution is 2.37. The number of pyridine rings is 1. The molecule has 0 spiro atoms. The topological polar surface area (TPSA) is 75.0 Å². The second-order valence-corrected chi connectivity index (χ2v) is 8.39. The minimum absolute atomic E-state index is 0. The summed E-state index contributed by atoms with van der Waals surface area (Å²) in [5, 5.41) is 8.61.